The highest BCUT2D eigenvalue weighted by Crippen LogP contribution is 2.33. The van der Waals surface area contributed by atoms with E-state index in [1.54, 1.807) is 24.4 Å². The van der Waals surface area contributed by atoms with Crippen molar-refractivity contribution in [3.05, 3.63) is 39.7 Å². The molecule has 0 fully saturated rings. The first kappa shape index (κ1) is 16.1. The van der Waals surface area contributed by atoms with Crippen LogP contribution in [0, 0.1) is 6.92 Å². The van der Waals surface area contributed by atoms with Gasteiger partial charge in [-0.2, -0.15) is 0 Å². The van der Waals surface area contributed by atoms with Crippen LogP contribution in [0.5, 0.6) is 5.75 Å². The average Bonchev–Trinajstić information content (AvgIpc) is 2.92. The van der Waals surface area contributed by atoms with Gasteiger partial charge in [0.1, 0.15) is 9.96 Å². The minimum atomic E-state index is -3.73. The summed E-state index contributed by atoms with van der Waals surface area (Å²) in [6, 6.07) is 4.60. The normalized spacial score (nSPS) is 11.4. The molecule has 0 aliphatic heterocycles. The molecule has 8 heteroatoms. The van der Waals surface area contributed by atoms with Gasteiger partial charge in [-0.3, -0.25) is 4.72 Å². The minimum absolute atomic E-state index is 0.126. The van der Waals surface area contributed by atoms with Gasteiger partial charge >= 0.3 is 0 Å². The SMILES string of the molecule is COc1cc(Cl)c(C)cc1NS(=O)(=O)c1cc(CO)cs1. The number of ether oxygens (including phenoxy) is 1. The maximum absolute atomic E-state index is 12.3. The molecule has 0 atom stereocenters. The van der Waals surface area contributed by atoms with Gasteiger partial charge in [0.05, 0.1) is 19.4 Å². The van der Waals surface area contributed by atoms with Crippen LogP contribution in [0.4, 0.5) is 5.69 Å². The Morgan fingerprint density at radius 1 is 1.38 bits per heavy atom. The maximum atomic E-state index is 12.3. The predicted molar refractivity (Wildman–Crippen MR) is 83.8 cm³/mol. The first-order valence-corrected chi connectivity index (χ1v) is 8.66. The molecule has 1 aromatic carbocycles. The molecule has 5 nitrogen and oxygen atoms in total. The Morgan fingerprint density at radius 3 is 2.67 bits per heavy atom. The van der Waals surface area contributed by atoms with Crippen LogP contribution in [0.15, 0.2) is 27.8 Å². The zero-order valence-corrected chi connectivity index (χ0v) is 13.8. The molecule has 0 aliphatic carbocycles. The van der Waals surface area contributed by atoms with Gasteiger partial charge in [-0.1, -0.05) is 11.6 Å². The van der Waals surface area contributed by atoms with Crippen LogP contribution in [-0.2, 0) is 16.6 Å². The topological polar surface area (TPSA) is 75.6 Å². The lowest BCUT2D eigenvalue weighted by Crippen LogP contribution is -2.12. The lowest BCUT2D eigenvalue weighted by atomic mass is 10.2. The number of hydrogen-bond acceptors (Lipinski definition) is 5. The summed E-state index contributed by atoms with van der Waals surface area (Å²) in [6.07, 6.45) is 0. The Morgan fingerprint density at radius 2 is 2.10 bits per heavy atom. The van der Waals surface area contributed by atoms with Crippen LogP contribution in [0.3, 0.4) is 0 Å². The first-order valence-electron chi connectivity index (χ1n) is 5.92. The first-order chi connectivity index (χ1) is 9.87. The van der Waals surface area contributed by atoms with E-state index in [1.807, 2.05) is 0 Å². The number of nitrogens with one attached hydrogen (secondary N) is 1. The summed E-state index contributed by atoms with van der Waals surface area (Å²) in [5.74, 6) is 0.341. The summed E-state index contributed by atoms with van der Waals surface area (Å²) in [6.45, 7) is 1.57. The summed E-state index contributed by atoms with van der Waals surface area (Å²) in [5.41, 5.74) is 1.61. The second kappa shape index (κ2) is 6.23. The van der Waals surface area contributed by atoms with E-state index in [0.717, 1.165) is 16.9 Å². The number of aliphatic hydroxyl groups excluding tert-OH is 1. The van der Waals surface area contributed by atoms with E-state index in [2.05, 4.69) is 4.72 Å². The van der Waals surface area contributed by atoms with E-state index in [0.29, 0.717) is 22.0 Å². The number of hydrogen-bond donors (Lipinski definition) is 2. The number of methoxy groups -OCH3 is 1. The Bertz CT molecular complexity index is 756. The van der Waals surface area contributed by atoms with E-state index in [-0.39, 0.29) is 10.8 Å². The van der Waals surface area contributed by atoms with Crippen molar-refractivity contribution in [1.82, 2.24) is 0 Å². The molecule has 0 saturated heterocycles. The highest BCUT2D eigenvalue weighted by Gasteiger charge is 2.19. The molecule has 114 valence electrons. The summed E-state index contributed by atoms with van der Waals surface area (Å²) >= 11 is 7.04. The fourth-order valence-electron chi connectivity index (χ4n) is 1.68. The maximum Gasteiger partial charge on any atom is 0.271 e. The van der Waals surface area contributed by atoms with Gasteiger partial charge in [0.15, 0.2) is 0 Å². The van der Waals surface area contributed by atoms with Crippen LogP contribution >= 0.6 is 22.9 Å². The van der Waals surface area contributed by atoms with Crippen LogP contribution in [-0.4, -0.2) is 20.6 Å². The molecule has 0 aliphatic rings. The van der Waals surface area contributed by atoms with Crippen molar-refractivity contribution in [3.63, 3.8) is 0 Å². The zero-order chi connectivity index (χ0) is 15.6. The Hall–Kier alpha value is -1.28. The second-order valence-electron chi connectivity index (χ2n) is 4.34. The van der Waals surface area contributed by atoms with Crippen molar-refractivity contribution in [2.24, 2.45) is 0 Å². The number of aryl methyl sites for hydroxylation is 1. The lowest BCUT2D eigenvalue weighted by molar-refractivity contribution is 0.282. The van der Waals surface area contributed by atoms with Crippen molar-refractivity contribution in [2.75, 3.05) is 11.8 Å². The van der Waals surface area contributed by atoms with Gasteiger partial charge < -0.3 is 9.84 Å². The standard InChI is InChI=1S/C13H14ClNO4S2/c1-8-3-11(12(19-2)5-10(8)14)15-21(17,18)13-4-9(6-16)7-20-13/h3-5,7,15-16H,6H2,1-2H3. The van der Waals surface area contributed by atoms with Crippen LogP contribution in [0.2, 0.25) is 5.02 Å². The molecule has 1 aromatic heterocycles. The average molecular weight is 348 g/mol. The van der Waals surface area contributed by atoms with Crippen molar-refractivity contribution in [3.8, 4) is 5.75 Å². The highest BCUT2D eigenvalue weighted by atomic mass is 35.5. The Labute approximate surface area is 132 Å². The fraction of sp³-hybridized carbons (Fsp3) is 0.231. The smallest absolute Gasteiger partial charge is 0.271 e. The Kier molecular flexibility index (Phi) is 4.77. The Balaban J connectivity index is 2.38. The number of anilines is 1. The van der Waals surface area contributed by atoms with Crippen molar-refractivity contribution in [2.45, 2.75) is 17.7 Å². The molecule has 0 bridgehead atoms. The molecule has 0 saturated carbocycles. The third kappa shape index (κ3) is 3.49. The molecule has 1 heterocycles. The van der Waals surface area contributed by atoms with Gasteiger partial charge in [-0.25, -0.2) is 8.42 Å². The third-order valence-electron chi connectivity index (χ3n) is 2.80. The molecular weight excluding hydrogens is 334 g/mol. The molecule has 0 unspecified atom stereocenters. The van der Waals surface area contributed by atoms with Crippen molar-refractivity contribution in [1.29, 1.82) is 0 Å². The van der Waals surface area contributed by atoms with Gasteiger partial charge in [0, 0.05) is 11.1 Å². The molecule has 0 radical (unpaired) electrons. The van der Waals surface area contributed by atoms with Crippen LogP contribution < -0.4 is 9.46 Å². The summed E-state index contributed by atoms with van der Waals surface area (Å²) in [5, 5.41) is 11.1. The fourth-order valence-corrected chi connectivity index (χ4v) is 4.10. The number of benzene rings is 1. The third-order valence-corrected chi connectivity index (χ3v) is 6.06. The van der Waals surface area contributed by atoms with Crippen LogP contribution in [0.1, 0.15) is 11.1 Å². The van der Waals surface area contributed by atoms with Gasteiger partial charge in [-0.05, 0) is 35.6 Å². The number of halogens is 1. The molecule has 2 aromatic rings. The van der Waals surface area contributed by atoms with E-state index < -0.39 is 10.0 Å². The number of aliphatic hydroxyl groups is 1. The minimum Gasteiger partial charge on any atom is -0.495 e. The van der Waals surface area contributed by atoms with E-state index in [9.17, 15) is 8.42 Å². The predicted octanol–water partition coefficient (Wildman–Crippen LogP) is 3.01. The number of sulfonamides is 1. The van der Waals surface area contributed by atoms with Crippen LogP contribution in [0.25, 0.3) is 0 Å². The number of thiophene rings is 1. The van der Waals surface area contributed by atoms with E-state index in [1.165, 1.54) is 13.2 Å². The van der Waals surface area contributed by atoms with Crippen molar-refractivity contribution >= 4 is 38.6 Å². The molecular formula is C13H14ClNO4S2. The summed E-state index contributed by atoms with van der Waals surface area (Å²) < 4.78 is 32.4. The monoisotopic (exact) mass is 347 g/mol. The van der Waals surface area contributed by atoms with Gasteiger partial charge in [0.2, 0.25) is 0 Å². The zero-order valence-electron chi connectivity index (χ0n) is 11.4. The molecule has 0 amide bonds. The highest BCUT2D eigenvalue weighted by molar-refractivity contribution is 7.94. The quantitative estimate of drug-likeness (QED) is 0.871. The number of rotatable bonds is 5. The van der Waals surface area contributed by atoms with E-state index in [4.69, 9.17) is 21.4 Å². The molecule has 2 N–H and O–H groups in total. The van der Waals surface area contributed by atoms with Crippen molar-refractivity contribution < 1.29 is 18.3 Å². The molecule has 2 rings (SSSR count). The lowest BCUT2D eigenvalue weighted by Gasteiger charge is -2.12. The molecule has 0 spiro atoms. The van der Waals surface area contributed by atoms with E-state index >= 15 is 0 Å². The summed E-state index contributed by atoms with van der Waals surface area (Å²) in [4.78, 5) is 0. The van der Waals surface area contributed by atoms with Gasteiger partial charge in [-0.15, -0.1) is 11.3 Å². The largest absolute Gasteiger partial charge is 0.495 e. The second-order valence-corrected chi connectivity index (χ2v) is 7.57. The molecule has 21 heavy (non-hydrogen) atoms. The van der Waals surface area contributed by atoms with Gasteiger partial charge in [0.25, 0.3) is 10.0 Å². The summed E-state index contributed by atoms with van der Waals surface area (Å²) in [7, 11) is -2.29.